The first-order valence-corrected chi connectivity index (χ1v) is 7.00. The van der Waals surface area contributed by atoms with Gasteiger partial charge in [0.15, 0.2) is 12.7 Å². The zero-order valence-corrected chi connectivity index (χ0v) is 12.6. The zero-order chi connectivity index (χ0) is 13.0. The molecule has 0 aliphatic carbocycles. The second-order valence-corrected chi connectivity index (χ2v) is 5.65. The highest BCUT2D eigenvalue weighted by Crippen LogP contribution is 2.39. The minimum absolute atomic E-state index is 0. The number of hydrogen-bond acceptors (Lipinski definition) is 5. The summed E-state index contributed by atoms with van der Waals surface area (Å²) in [7, 11) is -2.28. The molecule has 1 N–H and O–H groups in total. The van der Waals surface area contributed by atoms with Gasteiger partial charge in [-0.05, 0) is 5.10 Å². The zero-order valence-electron chi connectivity index (χ0n) is 10.1. The van der Waals surface area contributed by atoms with Gasteiger partial charge in [0.1, 0.15) is 18.6 Å². The molecule has 2 rings (SSSR count). The minimum Gasteiger partial charge on any atom is -1.00 e. The molecule has 0 fully saturated rings. The van der Waals surface area contributed by atoms with Crippen molar-refractivity contribution in [1.82, 2.24) is 10.1 Å². The Balaban J connectivity index is 0.00000180. The summed E-state index contributed by atoms with van der Waals surface area (Å²) in [5, 5.41) is 4.10. The Morgan fingerprint density at radius 2 is 2.37 bits per heavy atom. The van der Waals surface area contributed by atoms with E-state index in [-0.39, 0.29) is 23.1 Å². The average molecular weight is 350 g/mol. The second-order valence-electron chi connectivity index (χ2n) is 3.56. The van der Waals surface area contributed by atoms with Gasteiger partial charge < -0.3 is 30.8 Å². The Morgan fingerprint density at radius 1 is 1.58 bits per heavy atom. The quantitative estimate of drug-likeness (QED) is 0.489. The van der Waals surface area contributed by atoms with Crippen molar-refractivity contribution in [3.63, 3.8) is 0 Å². The van der Waals surface area contributed by atoms with Crippen LogP contribution in [-0.2, 0) is 15.6 Å². The van der Waals surface area contributed by atoms with Crippen molar-refractivity contribution in [3.8, 4) is 11.5 Å². The van der Waals surface area contributed by atoms with Crippen molar-refractivity contribution in [2.24, 2.45) is 0 Å². The molecule has 0 bridgehead atoms. The molecular formula is C10H13BrN3O4P. The van der Waals surface area contributed by atoms with Crippen LogP contribution in [0.15, 0.2) is 35.3 Å². The number of oxazole rings is 1. The third-order valence-electron chi connectivity index (χ3n) is 2.35. The van der Waals surface area contributed by atoms with E-state index in [1.54, 1.807) is 29.3 Å². The average Bonchev–Trinajstić information content (AvgIpc) is 2.91. The van der Waals surface area contributed by atoms with E-state index in [1.807, 2.05) is 0 Å². The van der Waals surface area contributed by atoms with Gasteiger partial charge in [0.25, 0.3) is 0 Å². The molecular weight excluding hydrogens is 337 g/mol. The molecule has 1 atom stereocenters. The smallest absolute Gasteiger partial charge is 0.334 e. The van der Waals surface area contributed by atoms with Gasteiger partial charge in [0.2, 0.25) is 5.89 Å². The van der Waals surface area contributed by atoms with Crippen LogP contribution in [-0.4, -0.2) is 28.2 Å². The van der Waals surface area contributed by atoms with E-state index >= 15 is 0 Å². The first kappa shape index (κ1) is 16.0. The van der Waals surface area contributed by atoms with Gasteiger partial charge >= 0.3 is 7.60 Å². The first-order chi connectivity index (χ1) is 8.61. The molecule has 0 saturated heterocycles. The molecule has 0 aliphatic rings. The fourth-order valence-electron chi connectivity index (χ4n) is 1.33. The molecule has 0 aromatic carbocycles. The maximum absolute atomic E-state index is 11.3. The lowest BCUT2D eigenvalue weighted by Crippen LogP contribution is -3.00. The second kappa shape index (κ2) is 6.91. The summed E-state index contributed by atoms with van der Waals surface area (Å²) in [6, 6.07) is 1.77. The topological polar surface area (TPSA) is 89.3 Å². The number of aromatic nitrogens is 3. The molecule has 104 valence electrons. The van der Waals surface area contributed by atoms with E-state index < -0.39 is 7.60 Å². The molecule has 2 aromatic heterocycles. The van der Waals surface area contributed by atoms with E-state index in [0.717, 1.165) is 5.56 Å². The number of rotatable bonds is 5. The molecule has 19 heavy (non-hydrogen) atoms. The third-order valence-corrected chi connectivity index (χ3v) is 3.68. The SMILES string of the molecule is COP(=O)(O)CC[n+]1ccc(-c2ncco2)cn1.[Br-]. The summed E-state index contributed by atoms with van der Waals surface area (Å²) < 4.78 is 22.4. The van der Waals surface area contributed by atoms with Gasteiger partial charge in [-0.2, -0.15) is 0 Å². The van der Waals surface area contributed by atoms with Crippen molar-refractivity contribution < 1.29 is 40.1 Å². The molecule has 0 amide bonds. The number of nitrogens with zero attached hydrogens (tertiary/aromatic N) is 3. The summed E-state index contributed by atoms with van der Waals surface area (Å²) in [5.74, 6) is 0.486. The lowest BCUT2D eigenvalue weighted by Gasteiger charge is -2.04. The minimum atomic E-state index is -3.49. The highest BCUT2D eigenvalue weighted by atomic mass is 79.9. The molecule has 0 spiro atoms. The normalized spacial score (nSPS) is 13.6. The molecule has 7 nitrogen and oxygen atoms in total. The Kier molecular flexibility index (Phi) is 5.81. The molecule has 1 unspecified atom stereocenters. The predicted molar refractivity (Wildman–Crippen MR) is 61.6 cm³/mol. The standard InChI is InChI=1S/C10H12N3O4P.BrH/c1-16-18(14,15)7-5-13-4-2-9(8-12-13)10-11-3-6-17-10;/h2-4,6,8H,5,7H2,1H3;1H. The molecule has 0 radical (unpaired) electrons. The lowest BCUT2D eigenvalue weighted by atomic mass is 10.3. The van der Waals surface area contributed by atoms with E-state index in [9.17, 15) is 9.46 Å². The third kappa shape index (κ3) is 4.50. The van der Waals surface area contributed by atoms with Crippen LogP contribution < -0.4 is 21.7 Å². The van der Waals surface area contributed by atoms with Crippen LogP contribution in [0, 0.1) is 0 Å². The van der Waals surface area contributed by atoms with Gasteiger partial charge in [0.05, 0.1) is 11.8 Å². The highest BCUT2D eigenvalue weighted by molar-refractivity contribution is 7.52. The largest absolute Gasteiger partial charge is 1.00 e. The Bertz CT molecular complexity index is 546. The monoisotopic (exact) mass is 349 g/mol. The summed E-state index contributed by atoms with van der Waals surface area (Å²) in [4.78, 5) is 13.3. The van der Waals surface area contributed by atoms with Crippen LogP contribution in [0.1, 0.15) is 0 Å². The van der Waals surface area contributed by atoms with Crippen LogP contribution in [0.25, 0.3) is 11.5 Å². The Hall–Kier alpha value is -1.08. The van der Waals surface area contributed by atoms with Crippen LogP contribution in [0.2, 0.25) is 0 Å². The van der Waals surface area contributed by atoms with Crippen molar-refractivity contribution in [2.75, 3.05) is 13.3 Å². The van der Waals surface area contributed by atoms with E-state index in [2.05, 4.69) is 14.6 Å². The first-order valence-electron chi connectivity index (χ1n) is 5.24. The van der Waals surface area contributed by atoms with Gasteiger partial charge in [-0.3, -0.25) is 4.57 Å². The predicted octanol–water partition coefficient (Wildman–Crippen LogP) is -2.14. The lowest BCUT2D eigenvalue weighted by molar-refractivity contribution is -0.750. The van der Waals surface area contributed by atoms with E-state index in [0.29, 0.717) is 12.4 Å². The summed E-state index contributed by atoms with van der Waals surface area (Å²) in [5.41, 5.74) is 0.746. The van der Waals surface area contributed by atoms with Crippen molar-refractivity contribution in [2.45, 2.75) is 6.54 Å². The molecule has 2 heterocycles. The maximum Gasteiger partial charge on any atom is 0.334 e. The maximum atomic E-state index is 11.3. The number of halogens is 1. The molecule has 0 aliphatic heterocycles. The highest BCUT2D eigenvalue weighted by Gasteiger charge is 2.20. The van der Waals surface area contributed by atoms with Crippen LogP contribution in [0.4, 0.5) is 0 Å². The summed E-state index contributed by atoms with van der Waals surface area (Å²) in [6.07, 6.45) is 6.32. The van der Waals surface area contributed by atoms with Crippen LogP contribution in [0.5, 0.6) is 0 Å². The molecule has 0 saturated carbocycles. The number of hydrogen-bond donors (Lipinski definition) is 1. The van der Waals surface area contributed by atoms with Gasteiger partial charge in [-0.1, -0.05) is 4.68 Å². The van der Waals surface area contributed by atoms with Crippen molar-refractivity contribution >= 4 is 7.60 Å². The van der Waals surface area contributed by atoms with Crippen molar-refractivity contribution in [1.29, 1.82) is 0 Å². The molecule has 9 heteroatoms. The number of aryl methyl sites for hydroxylation is 1. The van der Waals surface area contributed by atoms with E-state index in [1.165, 1.54) is 13.4 Å². The van der Waals surface area contributed by atoms with Gasteiger partial charge in [-0.25, -0.2) is 4.98 Å². The van der Waals surface area contributed by atoms with Crippen LogP contribution in [0.3, 0.4) is 0 Å². The molecule has 2 aromatic rings. The van der Waals surface area contributed by atoms with Gasteiger partial charge in [0, 0.05) is 13.2 Å². The van der Waals surface area contributed by atoms with E-state index in [4.69, 9.17) is 4.42 Å². The fraction of sp³-hybridized carbons (Fsp3) is 0.300. The Labute approximate surface area is 120 Å². The summed E-state index contributed by atoms with van der Waals surface area (Å²) in [6.45, 7) is 0.299. The van der Waals surface area contributed by atoms with Crippen molar-refractivity contribution in [3.05, 3.63) is 30.9 Å². The van der Waals surface area contributed by atoms with Crippen LogP contribution >= 0.6 is 7.60 Å². The fourth-order valence-corrected chi connectivity index (χ4v) is 1.97. The summed E-state index contributed by atoms with van der Waals surface area (Å²) >= 11 is 0. The van der Waals surface area contributed by atoms with Gasteiger partial charge in [-0.15, -0.1) is 0 Å². The Morgan fingerprint density at radius 3 is 2.89 bits per heavy atom.